The van der Waals surface area contributed by atoms with Crippen LogP contribution in [0.15, 0.2) is 42.5 Å². The summed E-state index contributed by atoms with van der Waals surface area (Å²) in [5.41, 5.74) is 1.83. The predicted molar refractivity (Wildman–Crippen MR) is 93.8 cm³/mol. The maximum Gasteiger partial charge on any atom is 0.239 e. The Kier molecular flexibility index (Phi) is 5.68. The van der Waals surface area contributed by atoms with E-state index in [0.29, 0.717) is 11.3 Å². The van der Waals surface area contributed by atoms with E-state index in [1.807, 2.05) is 13.0 Å². The molecule has 0 aliphatic heterocycles. The van der Waals surface area contributed by atoms with Gasteiger partial charge in [0, 0.05) is 21.3 Å². The van der Waals surface area contributed by atoms with E-state index in [-0.39, 0.29) is 15.8 Å². The Balaban J connectivity index is 2.07. The number of rotatable bonds is 5. The van der Waals surface area contributed by atoms with E-state index in [0.717, 1.165) is 5.56 Å². The van der Waals surface area contributed by atoms with Crippen LogP contribution in [0.1, 0.15) is 11.1 Å². The van der Waals surface area contributed by atoms with Gasteiger partial charge in [-0.05, 0) is 36.8 Å². The van der Waals surface area contributed by atoms with Crippen molar-refractivity contribution in [1.29, 1.82) is 0 Å². The number of carbonyl (C=O) groups is 1. The van der Waals surface area contributed by atoms with Gasteiger partial charge in [0.05, 0.1) is 5.75 Å². The van der Waals surface area contributed by atoms with Crippen molar-refractivity contribution in [1.82, 2.24) is 0 Å². The molecule has 0 fully saturated rings. The number of hydrogen-bond donors (Lipinski definition) is 1. The maximum atomic E-state index is 12.2. The average Bonchev–Trinajstić information content (AvgIpc) is 2.42. The summed E-state index contributed by atoms with van der Waals surface area (Å²) in [5, 5.41) is 3.10. The average molecular weight is 372 g/mol. The minimum absolute atomic E-state index is 0.264. The molecule has 0 spiro atoms. The number of sulfone groups is 1. The van der Waals surface area contributed by atoms with Crippen molar-refractivity contribution >= 4 is 44.6 Å². The van der Waals surface area contributed by atoms with Gasteiger partial charge in [-0.1, -0.05) is 41.4 Å². The largest absolute Gasteiger partial charge is 0.325 e. The van der Waals surface area contributed by atoms with Crippen LogP contribution < -0.4 is 5.32 Å². The summed E-state index contributed by atoms with van der Waals surface area (Å²) >= 11 is 11.9. The summed E-state index contributed by atoms with van der Waals surface area (Å²) in [7, 11) is -3.69. The molecule has 2 aromatic carbocycles. The molecule has 0 saturated carbocycles. The van der Waals surface area contributed by atoms with Crippen molar-refractivity contribution in [2.24, 2.45) is 0 Å². The second-order valence-corrected chi connectivity index (χ2v) is 8.03. The highest BCUT2D eigenvalue weighted by molar-refractivity contribution is 7.91. The molecule has 1 N–H and O–H groups in total. The molecule has 1 amide bonds. The van der Waals surface area contributed by atoms with Crippen LogP contribution in [0.25, 0.3) is 0 Å². The molecule has 2 aromatic rings. The standard InChI is InChI=1S/C16H15Cl2NO3S/c1-11-4-2-5-12(8-11)19-16(20)10-23(21,22)9-13-14(17)6-3-7-15(13)18/h2-8H,9-10H2,1H3,(H,19,20). The number of anilines is 1. The number of carbonyl (C=O) groups excluding carboxylic acids is 1. The van der Waals surface area contributed by atoms with Gasteiger partial charge in [0.25, 0.3) is 0 Å². The van der Waals surface area contributed by atoms with E-state index >= 15 is 0 Å². The zero-order valence-electron chi connectivity index (χ0n) is 12.3. The van der Waals surface area contributed by atoms with E-state index in [2.05, 4.69) is 5.32 Å². The summed E-state index contributed by atoms with van der Waals surface area (Å²) in [5.74, 6) is -1.62. The van der Waals surface area contributed by atoms with E-state index < -0.39 is 21.5 Å². The third-order valence-electron chi connectivity index (χ3n) is 3.08. The van der Waals surface area contributed by atoms with Crippen LogP contribution in [0.4, 0.5) is 5.69 Å². The fourth-order valence-electron chi connectivity index (χ4n) is 2.06. The molecule has 23 heavy (non-hydrogen) atoms. The maximum absolute atomic E-state index is 12.2. The van der Waals surface area contributed by atoms with Crippen LogP contribution in [-0.4, -0.2) is 20.1 Å². The Bertz CT molecular complexity index is 815. The van der Waals surface area contributed by atoms with Gasteiger partial charge in [0.15, 0.2) is 9.84 Å². The van der Waals surface area contributed by atoms with Crippen molar-refractivity contribution in [2.75, 3.05) is 11.1 Å². The molecule has 4 nitrogen and oxygen atoms in total. The first-order valence-electron chi connectivity index (χ1n) is 6.77. The van der Waals surface area contributed by atoms with Crippen LogP contribution in [-0.2, 0) is 20.4 Å². The van der Waals surface area contributed by atoms with Gasteiger partial charge >= 0.3 is 0 Å². The van der Waals surface area contributed by atoms with Crippen molar-refractivity contribution in [3.05, 3.63) is 63.6 Å². The van der Waals surface area contributed by atoms with Crippen LogP contribution in [0.5, 0.6) is 0 Å². The van der Waals surface area contributed by atoms with Gasteiger partial charge in [-0.2, -0.15) is 0 Å². The Morgan fingerprint density at radius 2 is 1.70 bits per heavy atom. The molecular weight excluding hydrogens is 357 g/mol. The van der Waals surface area contributed by atoms with Gasteiger partial charge in [-0.3, -0.25) is 4.79 Å². The zero-order chi connectivity index (χ0) is 17.0. The molecule has 0 bridgehead atoms. The lowest BCUT2D eigenvalue weighted by Crippen LogP contribution is -2.24. The smallest absolute Gasteiger partial charge is 0.239 e. The molecule has 2 rings (SSSR count). The van der Waals surface area contributed by atoms with Crippen LogP contribution in [0.2, 0.25) is 10.0 Å². The second kappa shape index (κ2) is 7.34. The summed E-state index contributed by atoms with van der Waals surface area (Å²) in [6.07, 6.45) is 0. The van der Waals surface area contributed by atoms with Crippen LogP contribution >= 0.6 is 23.2 Å². The molecule has 0 heterocycles. The van der Waals surface area contributed by atoms with E-state index in [9.17, 15) is 13.2 Å². The Morgan fingerprint density at radius 1 is 1.09 bits per heavy atom. The molecule has 0 aliphatic rings. The van der Waals surface area contributed by atoms with E-state index in [1.165, 1.54) is 0 Å². The summed E-state index contributed by atoms with van der Waals surface area (Å²) in [6.45, 7) is 1.88. The fraction of sp³-hybridized carbons (Fsp3) is 0.188. The highest BCUT2D eigenvalue weighted by atomic mass is 35.5. The fourth-order valence-corrected chi connectivity index (χ4v) is 4.07. The van der Waals surface area contributed by atoms with Crippen molar-refractivity contribution in [3.8, 4) is 0 Å². The topological polar surface area (TPSA) is 63.2 Å². The molecule has 0 unspecified atom stereocenters. The first-order valence-corrected chi connectivity index (χ1v) is 9.34. The van der Waals surface area contributed by atoms with Gasteiger partial charge in [0.2, 0.25) is 5.91 Å². The molecule has 0 aliphatic carbocycles. The monoisotopic (exact) mass is 371 g/mol. The molecule has 122 valence electrons. The Labute approximate surface area is 145 Å². The second-order valence-electron chi connectivity index (χ2n) is 5.15. The van der Waals surface area contributed by atoms with Gasteiger partial charge < -0.3 is 5.32 Å². The first-order chi connectivity index (χ1) is 10.8. The van der Waals surface area contributed by atoms with Gasteiger partial charge in [0.1, 0.15) is 5.75 Å². The number of amides is 1. The lowest BCUT2D eigenvalue weighted by Gasteiger charge is -2.09. The lowest BCUT2D eigenvalue weighted by molar-refractivity contribution is -0.113. The minimum atomic E-state index is -3.69. The number of aryl methyl sites for hydroxylation is 1. The zero-order valence-corrected chi connectivity index (χ0v) is 14.7. The van der Waals surface area contributed by atoms with Gasteiger partial charge in [-0.25, -0.2) is 8.42 Å². The lowest BCUT2D eigenvalue weighted by atomic mass is 10.2. The number of halogens is 2. The molecular formula is C16H15Cl2NO3S. The van der Waals surface area contributed by atoms with E-state index in [1.54, 1.807) is 36.4 Å². The van der Waals surface area contributed by atoms with Crippen molar-refractivity contribution < 1.29 is 13.2 Å². The first kappa shape index (κ1) is 17.8. The molecule has 7 heteroatoms. The minimum Gasteiger partial charge on any atom is -0.325 e. The van der Waals surface area contributed by atoms with Crippen molar-refractivity contribution in [2.45, 2.75) is 12.7 Å². The summed E-state index contributed by atoms with van der Waals surface area (Å²) in [6, 6.07) is 11.9. The van der Waals surface area contributed by atoms with E-state index in [4.69, 9.17) is 23.2 Å². The third kappa shape index (κ3) is 5.23. The SMILES string of the molecule is Cc1cccc(NC(=O)CS(=O)(=O)Cc2c(Cl)cccc2Cl)c1. The molecule has 0 atom stereocenters. The Morgan fingerprint density at radius 3 is 2.30 bits per heavy atom. The number of hydrogen-bond acceptors (Lipinski definition) is 3. The number of nitrogens with one attached hydrogen (secondary N) is 1. The molecule has 0 radical (unpaired) electrons. The van der Waals surface area contributed by atoms with Crippen LogP contribution in [0.3, 0.4) is 0 Å². The number of benzene rings is 2. The summed E-state index contributed by atoms with van der Waals surface area (Å²) in [4.78, 5) is 11.9. The molecule has 0 aromatic heterocycles. The van der Waals surface area contributed by atoms with Gasteiger partial charge in [-0.15, -0.1) is 0 Å². The van der Waals surface area contributed by atoms with Crippen LogP contribution in [0, 0.1) is 6.92 Å². The van der Waals surface area contributed by atoms with Crippen molar-refractivity contribution in [3.63, 3.8) is 0 Å². The Hall–Kier alpha value is -1.56. The quantitative estimate of drug-likeness (QED) is 0.867. The summed E-state index contributed by atoms with van der Waals surface area (Å²) < 4.78 is 24.4. The predicted octanol–water partition coefficient (Wildman–Crippen LogP) is 3.86. The highest BCUT2D eigenvalue weighted by Crippen LogP contribution is 2.26. The normalized spacial score (nSPS) is 11.3. The highest BCUT2D eigenvalue weighted by Gasteiger charge is 2.20. The molecule has 0 saturated heterocycles. The third-order valence-corrected chi connectivity index (χ3v) is 5.22.